The summed E-state index contributed by atoms with van der Waals surface area (Å²) in [6.07, 6.45) is 0.137. The maximum atomic E-state index is 10.6. The lowest BCUT2D eigenvalue weighted by molar-refractivity contribution is -0.289. The number of hydrogen-bond donors (Lipinski definition) is 3. The molecule has 0 aromatic heterocycles. The van der Waals surface area contributed by atoms with Gasteiger partial charge in [-0.15, -0.1) is 0 Å². The second-order valence-corrected chi connectivity index (χ2v) is 7.69. The number of rotatable bonds is 7. The van der Waals surface area contributed by atoms with E-state index in [1.165, 1.54) is 0 Å². The minimum atomic E-state index is -3.92. The molecule has 3 rings (SSSR count). The van der Waals surface area contributed by atoms with Gasteiger partial charge in [0, 0.05) is 19.1 Å². The average Bonchev–Trinajstić information content (AvgIpc) is 2.61. The van der Waals surface area contributed by atoms with Crippen LogP contribution in [0.1, 0.15) is 32.1 Å². The highest BCUT2D eigenvalue weighted by atomic mass is 32.2. The van der Waals surface area contributed by atoms with Crippen molar-refractivity contribution < 1.29 is 37.4 Å². The molecule has 5 unspecified atom stereocenters. The van der Waals surface area contributed by atoms with Crippen LogP contribution in [-0.2, 0) is 24.3 Å². The maximum absolute atomic E-state index is 10.6. The fourth-order valence-corrected chi connectivity index (χ4v) is 3.58. The fourth-order valence-electron chi connectivity index (χ4n) is 3.01. The quantitative estimate of drug-likeness (QED) is 0.429. The van der Waals surface area contributed by atoms with E-state index >= 15 is 0 Å². The standard InChI is InChI=1S/C14H26O8S/c15-12-10-5-1-2-7-21-14(13(12)16)22-11(10)9-20-6-3-4-8-23(17,18)19/h10-16H,1-9H2,(H,17,18,19). The Morgan fingerprint density at radius 2 is 1.91 bits per heavy atom. The molecular formula is C14H26O8S. The van der Waals surface area contributed by atoms with Crippen LogP contribution in [0.4, 0.5) is 0 Å². The zero-order valence-electron chi connectivity index (χ0n) is 13.0. The summed E-state index contributed by atoms with van der Waals surface area (Å²) < 4.78 is 46.5. The van der Waals surface area contributed by atoms with E-state index in [9.17, 15) is 18.6 Å². The first-order valence-corrected chi connectivity index (χ1v) is 9.65. The lowest BCUT2D eigenvalue weighted by Gasteiger charge is -2.41. The first-order valence-electron chi connectivity index (χ1n) is 8.04. The van der Waals surface area contributed by atoms with Crippen LogP contribution >= 0.6 is 0 Å². The molecule has 3 saturated heterocycles. The van der Waals surface area contributed by atoms with E-state index in [2.05, 4.69) is 0 Å². The Kier molecular flexibility index (Phi) is 7.20. The van der Waals surface area contributed by atoms with Crippen molar-refractivity contribution >= 4 is 10.1 Å². The molecule has 8 nitrogen and oxygen atoms in total. The molecule has 0 radical (unpaired) electrons. The third kappa shape index (κ3) is 5.93. The van der Waals surface area contributed by atoms with Gasteiger partial charge in [0.05, 0.1) is 24.6 Å². The largest absolute Gasteiger partial charge is 0.390 e. The molecule has 5 atom stereocenters. The summed E-state index contributed by atoms with van der Waals surface area (Å²) in [5.41, 5.74) is 0. The fraction of sp³-hybridized carbons (Fsp3) is 1.00. The average molecular weight is 354 g/mol. The van der Waals surface area contributed by atoms with Gasteiger partial charge in [0.15, 0.2) is 6.29 Å². The summed E-state index contributed by atoms with van der Waals surface area (Å²) in [5, 5.41) is 20.3. The van der Waals surface area contributed by atoms with Gasteiger partial charge < -0.3 is 24.4 Å². The van der Waals surface area contributed by atoms with E-state index in [4.69, 9.17) is 18.8 Å². The van der Waals surface area contributed by atoms with Gasteiger partial charge in [-0.1, -0.05) is 6.42 Å². The molecule has 136 valence electrons. The predicted octanol–water partition coefficient (Wildman–Crippen LogP) is -0.0656. The van der Waals surface area contributed by atoms with E-state index in [0.717, 1.165) is 19.3 Å². The van der Waals surface area contributed by atoms with Crippen molar-refractivity contribution in [2.45, 2.75) is 56.7 Å². The van der Waals surface area contributed by atoms with Gasteiger partial charge >= 0.3 is 0 Å². The van der Waals surface area contributed by atoms with Crippen molar-refractivity contribution in [2.75, 3.05) is 25.6 Å². The minimum Gasteiger partial charge on any atom is -0.390 e. The van der Waals surface area contributed by atoms with Gasteiger partial charge in [0.1, 0.15) is 6.10 Å². The molecule has 9 heteroatoms. The third-order valence-corrected chi connectivity index (χ3v) is 5.10. The summed E-state index contributed by atoms with van der Waals surface area (Å²) in [6, 6.07) is 0. The summed E-state index contributed by atoms with van der Waals surface area (Å²) >= 11 is 0. The minimum absolute atomic E-state index is 0.208. The molecular weight excluding hydrogens is 328 g/mol. The number of aliphatic hydroxyl groups excluding tert-OH is 2. The van der Waals surface area contributed by atoms with E-state index in [0.29, 0.717) is 26.1 Å². The Hall–Kier alpha value is -0.290. The van der Waals surface area contributed by atoms with E-state index in [-0.39, 0.29) is 24.4 Å². The molecule has 3 N–H and O–H groups in total. The Morgan fingerprint density at radius 1 is 1.13 bits per heavy atom. The van der Waals surface area contributed by atoms with Gasteiger partial charge in [0.2, 0.25) is 0 Å². The third-order valence-electron chi connectivity index (χ3n) is 4.29. The lowest BCUT2D eigenvalue weighted by Crippen LogP contribution is -2.56. The molecule has 3 heterocycles. The first-order chi connectivity index (χ1) is 10.9. The van der Waals surface area contributed by atoms with Crippen molar-refractivity contribution in [3.8, 4) is 0 Å². The molecule has 23 heavy (non-hydrogen) atoms. The van der Waals surface area contributed by atoms with Crippen LogP contribution in [0.2, 0.25) is 0 Å². The maximum Gasteiger partial charge on any atom is 0.264 e. The molecule has 2 bridgehead atoms. The van der Waals surface area contributed by atoms with Crippen molar-refractivity contribution in [1.82, 2.24) is 0 Å². The van der Waals surface area contributed by atoms with Crippen LogP contribution in [0.3, 0.4) is 0 Å². The Bertz CT molecular complexity index is 452. The van der Waals surface area contributed by atoms with Gasteiger partial charge in [-0.2, -0.15) is 8.42 Å². The Labute approximate surface area is 136 Å². The number of ether oxygens (including phenoxy) is 3. The first kappa shape index (κ1) is 19.0. The molecule has 3 aliphatic rings. The summed E-state index contributed by atoms with van der Waals surface area (Å²) in [4.78, 5) is 0. The predicted molar refractivity (Wildman–Crippen MR) is 80.4 cm³/mol. The topological polar surface area (TPSA) is 123 Å². The van der Waals surface area contributed by atoms with Crippen molar-refractivity contribution in [2.24, 2.45) is 5.92 Å². The highest BCUT2D eigenvalue weighted by molar-refractivity contribution is 7.85. The van der Waals surface area contributed by atoms with Gasteiger partial charge in [-0.25, -0.2) is 0 Å². The van der Waals surface area contributed by atoms with Gasteiger partial charge in [-0.05, 0) is 25.7 Å². The molecule has 3 fully saturated rings. The van der Waals surface area contributed by atoms with Crippen molar-refractivity contribution in [3.05, 3.63) is 0 Å². The summed E-state index contributed by atoms with van der Waals surface area (Å²) in [7, 11) is -3.92. The Balaban J connectivity index is 1.77. The van der Waals surface area contributed by atoms with E-state index < -0.39 is 28.6 Å². The molecule has 0 aliphatic carbocycles. The molecule has 0 saturated carbocycles. The monoisotopic (exact) mass is 354 g/mol. The van der Waals surface area contributed by atoms with Crippen LogP contribution in [0.5, 0.6) is 0 Å². The summed E-state index contributed by atoms with van der Waals surface area (Å²) in [6.45, 7) is 1.08. The Morgan fingerprint density at radius 3 is 2.65 bits per heavy atom. The van der Waals surface area contributed by atoms with Crippen LogP contribution < -0.4 is 0 Å². The zero-order chi connectivity index (χ0) is 16.9. The van der Waals surface area contributed by atoms with Crippen molar-refractivity contribution in [1.29, 1.82) is 0 Å². The lowest BCUT2D eigenvalue weighted by atomic mass is 9.85. The van der Waals surface area contributed by atoms with E-state index in [1.54, 1.807) is 0 Å². The van der Waals surface area contributed by atoms with Crippen molar-refractivity contribution in [3.63, 3.8) is 0 Å². The highest BCUT2D eigenvalue weighted by Gasteiger charge is 2.45. The number of fused-ring (bicyclic) bond motifs is 6. The molecule has 0 amide bonds. The molecule has 0 aromatic carbocycles. The van der Waals surface area contributed by atoms with Gasteiger partial charge in [-0.3, -0.25) is 4.55 Å². The smallest absolute Gasteiger partial charge is 0.264 e. The van der Waals surface area contributed by atoms with E-state index in [1.807, 2.05) is 0 Å². The number of unbranched alkanes of at least 4 members (excludes halogenated alkanes) is 1. The number of aliphatic hydroxyl groups is 2. The second kappa shape index (κ2) is 8.70. The molecule has 3 aliphatic heterocycles. The van der Waals surface area contributed by atoms with Crippen LogP contribution in [0, 0.1) is 5.92 Å². The second-order valence-electron chi connectivity index (χ2n) is 6.12. The van der Waals surface area contributed by atoms with Crippen LogP contribution in [0.15, 0.2) is 0 Å². The molecule has 0 spiro atoms. The SMILES string of the molecule is O=S(=O)(O)CCCCOCC1OC2OCCCCC1C(O)C2O. The van der Waals surface area contributed by atoms with Gasteiger partial charge in [0.25, 0.3) is 10.1 Å². The van der Waals surface area contributed by atoms with Crippen LogP contribution in [0.25, 0.3) is 0 Å². The molecule has 0 aromatic rings. The summed E-state index contributed by atoms with van der Waals surface area (Å²) in [5.74, 6) is -0.486. The zero-order valence-corrected chi connectivity index (χ0v) is 13.9. The number of hydrogen-bond acceptors (Lipinski definition) is 7. The highest BCUT2D eigenvalue weighted by Crippen LogP contribution is 2.32. The normalized spacial score (nSPS) is 35.5. The van der Waals surface area contributed by atoms with Crippen LogP contribution in [-0.4, -0.2) is 73.4 Å².